The predicted octanol–water partition coefficient (Wildman–Crippen LogP) is 2.09. The van der Waals surface area contributed by atoms with Crippen molar-refractivity contribution < 1.29 is 9.59 Å². The molecule has 1 heterocycles. The highest BCUT2D eigenvalue weighted by atomic mass is 32.2. The number of aryl methyl sites for hydroxylation is 1. The van der Waals surface area contributed by atoms with Gasteiger partial charge in [-0.2, -0.15) is 11.8 Å². The van der Waals surface area contributed by atoms with E-state index in [0.29, 0.717) is 19.5 Å². The highest BCUT2D eigenvalue weighted by Crippen LogP contribution is 2.31. The average molecular weight is 320 g/mol. The van der Waals surface area contributed by atoms with Crippen LogP contribution in [0, 0.1) is 0 Å². The molecule has 2 amide bonds. The van der Waals surface area contributed by atoms with Crippen LogP contribution in [-0.4, -0.2) is 47.4 Å². The second-order valence-corrected chi connectivity index (χ2v) is 6.79. The lowest BCUT2D eigenvalue weighted by Crippen LogP contribution is -2.67. The summed E-state index contributed by atoms with van der Waals surface area (Å²) in [7, 11) is 0. The van der Waals surface area contributed by atoms with E-state index in [0.717, 1.165) is 24.2 Å². The second-order valence-electron chi connectivity index (χ2n) is 5.80. The van der Waals surface area contributed by atoms with Crippen LogP contribution in [0.15, 0.2) is 30.3 Å². The monoisotopic (exact) mass is 320 g/mol. The molecule has 0 saturated carbocycles. The fraction of sp³-hybridized carbons (Fsp3) is 0.529. The summed E-state index contributed by atoms with van der Waals surface area (Å²) in [6, 6.07) is 9.98. The summed E-state index contributed by atoms with van der Waals surface area (Å²) < 4.78 is 0. The molecule has 0 bridgehead atoms. The number of nitrogens with one attached hydrogen (secondary N) is 1. The van der Waals surface area contributed by atoms with E-state index in [2.05, 4.69) is 5.32 Å². The van der Waals surface area contributed by atoms with Crippen molar-refractivity contribution in [3.63, 3.8) is 0 Å². The molecule has 1 aromatic rings. The highest BCUT2D eigenvalue weighted by Gasteiger charge is 2.48. The van der Waals surface area contributed by atoms with E-state index in [1.807, 2.05) is 43.5 Å². The van der Waals surface area contributed by atoms with Crippen molar-refractivity contribution in [3.05, 3.63) is 35.9 Å². The van der Waals surface area contributed by atoms with E-state index in [4.69, 9.17) is 0 Å². The van der Waals surface area contributed by atoms with E-state index < -0.39 is 5.54 Å². The summed E-state index contributed by atoms with van der Waals surface area (Å²) >= 11 is 1.70. The van der Waals surface area contributed by atoms with Crippen LogP contribution in [0.1, 0.15) is 25.3 Å². The molecule has 1 fully saturated rings. The van der Waals surface area contributed by atoms with Crippen molar-refractivity contribution in [1.82, 2.24) is 10.2 Å². The van der Waals surface area contributed by atoms with Gasteiger partial charge in [-0.25, -0.2) is 0 Å². The summed E-state index contributed by atoms with van der Waals surface area (Å²) in [5, 5.41) is 2.93. The van der Waals surface area contributed by atoms with Gasteiger partial charge in [-0.15, -0.1) is 0 Å². The summed E-state index contributed by atoms with van der Waals surface area (Å²) in [6.07, 6.45) is 3.93. The number of hydrogen-bond acceptors (Lipinski definition) is 3. The van der Waals surface area contributed by atoms with Gasteiger partial charge in [0.2, 0.25) is 11.8 Å². The number of carbonyl (C=O) groups excluding carboxylic acids is 2. The van der Waals surface area contributed by atoms with Gasteiger partial charge in [0.05, 0.1) is 0 Å². The van der Waals surface area contributed by atoms with Crippen LogP contribution in [0.4, 0.5) is 0 Å². The predicted molar refractivity (Wildman–Crippen MR) is 90.9 cm³/mol. The number of hydrogen-bond donors (Lipinski definition) is 1. The van der Waals surface area contributed by atoms with E-state index >= 15 is 0 Å². The van der Waals surface area contributed by atoms with Gasteiger partial charge in [0.15, 0.2) is 0 Å². The zero-order chi connectivity index (χ0) is 16.0. The van der Waals surface area contributed by atoms with Crippen LogP contribution >= 0.6 is 11.8 Å². The van der Waals surface area contributed by atoms with Crippen molar-refractivity contribution in [2.75, 3.05) is 25.1 Å². The Hall–Kier alpha value is -1.49. The number of nitrogens with zero attached hydrogens (tertiary/aromatic N) is 1. The average Bonchev–Trinajstić information content (AvgIpc) is 2.52. The topological polar surface area (TPSA) is 49.4 Å². The minimum Gasteiger partial charge on any atom is -0.353 e. The molecule has 4 nitrogen and oxygen atoms in total. The van der Waals surface area contributed by atoms with Crippen LogP contribution in [0.2, 0.25) is 0 Å². The molecule has 0 spiro atoms. The first-order valence-corrected chi connectivity index (χ1v) is 9.09. The Labute approximate surface area is 136 Å². The Morgan fingerprint density at radius 2 is 2.05 bits per heavy atom. The van der Waals surface area contributed by atoms with Crippen LogP contribution in [-0.2, 0) is 16.0 Å². The zero-order valence-corrected chi connectivity index (χ0v) is 14.1. The lowest BCUT2D eigenvalue weighted by atomic mass is 9.85. The number of likely N-dealkylation sites (tertiary alicyclic amines) is 1. The van der Waals surface area contributed by atoms with Gasteiger partial charge in [-0.3, -0.25) is 9.59 Å². The fourth-order valence-corrected chi connectivity index (χ4v) is 2.99. The van der Waals surface area contributed by atoms with Crippen LogP contribution in [0.25, 0.3) is 0 Å². The zero-order valence-electron chi connectivity index (χ0n) is 13.3. The molecule has 0 aromatic heterocycles. The maximum atomic E-state index is 12.4. The first-order chi connectivity index (χ1) is 10.6. The minimum atomic E-state index is -0.661. The Bertz CT molecular complexity index is 521. The van der Waals surface area contributed by atoms with Gasteiger partial charge in [0, 0.05) is 25.3 Å². The molecule has 1 N–H and O–H groups in total. The maximum Gasteiger partial charge on any atom is 0.245 e. The first kappa shape index (κ1) is 16.9. The quantitative estimate of drug-likeness (QED) is 0.783. The molecule has 1 atom stereocenters. The Morgan fingerprint density at radius 1 is 1.32 bits per heavy atom. The van der Waals surface area contributed by atoms with Crippen molar-refractivity contribution in [2.45, 2.75) is 31.7 Å². The third kappa shape index (κ3) is 3.83. The molecule has 1 aliphatic rings. The summed E-state index contributed by atoms with van der Waals surface area (Å²) in [5.74, 6) is 0.933. The van der Waals surface area contributed by atoms with Gasteiger partial charge in [-0.05, 0) is 31.6 Å². The molecule has 1 saturated heterocycles. The van der Waals surface area contributed by atoms with Gasteiger partial charge in [-0.1, -0.05) is 30.3 Å². The molecule has 5 heteroatoms. The third-order valence-electron chi connectivity index (χ3n) is 4.27. The smallest absolute Gasteiger partial charge is 0.245 e. The molecule has 1 aliphatic heterocycles. The molecule has 22 heavy (non-hydrogen) atoms. The summed E-state index contributed by atoms with van der Waals surface area (Å²) in [6.45, 7) is 3.20. The van der Waals surface area contributed by atoms with Crippen LogP contribution in [0.5, 0.6) is 0 Å². The van der Waals surface area contributed by atoms with E-state index in [1.165, 1.54) is 0 Å². The van der Waals surface area contributed by atoms with Crippen molar-refractivity contribution in [3.8, 4) is 0 Å². The largest absolute Gasteiger partial charge is 0.353 e. The number of amides is 2. The minimum absolute atomic E-state index is 0.0270. The van der Waals surface area contributed by atoms with E-state index in [1.54, 1.807) is 16.7 Å². The van der Waals surface area contributed by atoms with Crippen LogP contribution < -0.4 is 5.32 Å². The van der Waals surface area contributed by atoms with Crippen molar-refractivity contribution >= 4 is 23.6 Å². The van der Waals surface area contributed by atoms with Gasteiger partial charge < -0.3 is 10.2 Å². The SMILES string of the molecule is CSCCNC(=O)C1(C)CCN1C(=O)CCc1ccccc1. The Morgan fingerprint density at radius 3 is 2.64 bits per heavy atom. The highest BCUT2D eigenvalue weighted by molar-refractivity contribution is 7.98. The molecular formula is C17H24N2O2S. The standard InChI is InChI=1S/C17H24N2O2S/c1-17(16(21)18-11-13-22-2)10-12-19(17)15(20)9-8-14-6-4-3-5-7-14/h3-7H,8-13H2,1-2H3,(H,18,21). The number of rotatable bonds is 7. The van der Waals surface area contributed by atoms with E-state index in [-0.39, 0.29) is 11.8 Å². The summed E-state index contributed by atoms with van der Waals surface area (Å²) in [5.41, 5.74) is 0.495. The fourth-order valence-electron chi connectivity index (χ4n) is 2.68. The molecule has 1 unspecified atom stereocenters. The van der Waals surface area contributed by atoms with Crippen molar-refractivity contribution in [2.24, 2.45) is 0 Å². The normalized spacial score (nSPS) is 20.4. The lowest BCUT2D eigenvalue weighted by molar-refractivity contribution is -0.157. The lowest BCUT2D eigenvalue weighted by Gasteiger charge is -2.49. The molecule has 120 valence electrons. The van der Waals surface area contributed by atoms with Gasteiger partial charge in [0.1, 0.15) is 5.54 Å². The van der Waals surface area contributed by atoms with E-state index in [9.17, 15) is 9.59 Å². The summed E-state index contributed by atoms with van der Waals surface area (Å²) in [4.78, 5) is 26.4. The molecule has 1 aromatic carbocycles. The second kappa shape index (κ2) is 7.68. The van der Waals surface area contributed by atoms with Gasteiger partial charge >= 0.3 is 0 Å². The Kier molecular flexibility index (Phi) is 5.89. The molecule has 0 radical (unpaired) electrons. The Balaban J connectivity index is 1.86. The van der Waals surface area contributed by atoms with Crippen LogP contribution in [0.3, 0.4) is 0 Å². The third-order valence-corrected chi connectivity index (χ3v) is 4.88. The maximum absolute atomic E-state index is 12.4. The number of thioether (sulfide) groups is 1. The molecular weight excluding hydrogens is 296 g/mol. The van der Waals surface area contributed by atoms with Gasteiger partial charge in [0.25, 0.3) is 0 Å². The number of carbonyl (C=O) groups is 2. The first-order valence-electron chi connectivity index (χ1n) is 7.69. The molecule has 2 rings (SSSR count). The molecule has 0 aliphatic carbocycles. The number of benzene rings is 1. The van der Waals surface area contributed by atoms with Crippen molar-refractivity contribution in [1.29, 1.82) is 0 Å².